The first-order valence-electron chi connectivity index (χ1n) is 6.38. The molecule has 0 saturated heterocycles. The van der Waals surface area contributed by atoms with E-state index in [1.165, 1.54) is 6.92 Å². The van der Waals surface area contributed by atoms with Crippen molar-refractivity contribution >= 4 is 23.2 Å². The molecular weight excluding hydrogens is 242 g/mol. The Bertz CT molecular complexity index is 460. The van der Waals surface area contributed by atoms with Gasteiger partial charge in [-0.15, -0.1) is 0 Å². The van der Waals surface area contributed by atoms with Gasteiger partial charge < -0.3 is 16.4 Å². The van der Waals surface area contributed by atoms with Crippen molar-refractivity contribution in [2.45, 2.75) is 33.2 Å². The maximum absolute atomic E-state index is 11.9. The number of carbonyl (C=O) groups excluding carboxylic acids is 2. The van der Waals surface area contributed by atoms with Crippen molar-refractivity contribution in [2.24, 2.45) is 11.7 Å². The molecule has 0 aromatic heterocycles. The van der Waals surface area contributed by atoms with E-state index in [2.05, 4.69) is 10.6 Å². The zero-order valence-electron chi connectivity index (χ0n) is 11.6. The molecule has 2 amide bonds. The van der Waals surface area contributed by atoms with Crippen LogP contribution >= 0.6 is 0 Å². The number of hydrogen-bond acceptors (Lipinski definition) is 3. The number of amides is 2. The smallest absolute Gasteiger partial charge is 0.241 e. The first-order chi connectivity index (χ1) is 8.93. The molecule has 2 atom stereocenters. The zero-order chi connectivity index (χ0) is 14.4. The second kappa shape index (κ2) is 6.89. The second-order valence-electron chi connectivity index (χ2n) is 4.66. The lowest BCUT2D eigenvalue weighted by molar-refractivity contribution is -0.118. The van der Waals surface area contributed by atoms with Gasteiger partial charge in [0.2, 0.25) is 11.8 Å². The van der Waals surface area contributed by atoms with E-state index in [1.807, 2.05) is 13.8 Å². The van der Waals surface area contributed by atoms with Gasteiger partial charge in [0.25, 0.3) is 0 Å². The van der Waals surface area contributed by atoms with Crippen LogP contribution in [0.25, 0.3) is 0 Å². The van der Waals surface area contributed by atoms with Crippen molar-refractivity contribution in [1.82, 2.24) is 0 Å². The number of anilines is 2. The van der Waals surface area contributed by atoms with E-state index in [9.17, 15) is 9.59 Å². The minimum absolute atomic E-state index is 0.124. The predicted octanol–water partition coefficient (Wildman–Crippen LogP) is 1.96. The molecule has 0 saturated carbocycles. The van der Waals surface area contributed by atoms with Crippen LogP contribution in [0.1, 0.15) is 27.2 Å². The quantitative estimate of drug-likeness (QED) is 0.759. The second-order valence-corrected chi connectivity index (χ2v) is 4.66. The van der Waals surface area contributed by atoms with Gasteiger partial charge in [0.05, 0.1) is 6.04 Å². The van der Waals surface area contributed by atoms with Crippen LogP contribution in [-0.4, -0.2) is 17.9 Å². The summed E-state index contributed by atoms with van der Waals surface area (Å²) in [6.07, 6.45) is 0.848. The van der Waals surface area contributed by atoms with E-state index < -0.39 is 6.04 Å². The largest absolute Gasteiger partial charge is 0.326 e. The minimum atomic E-state index is -0.533. The lowest BCUT2D eigenvalue weighted by Gasteiger charge is -2.18. The number of nitrogens with two attached hydrogens (primary N) is 1. The Labute approximate surface area is 113 Å². The van der Waals surface area contributed by atoms with Gasteiger partial charge in [-0.1, -0.05) is 26.3 Å². The summed E-state index contributed by atoms with van der Waals surface area (Å²) in [5, 5.41) is 5.42. The summed E-state index contributed by atoms with van der Waals surface area (Å²) in [4.78, 5) is 22.9. The van der Waals surface area contributed by atoms with Crippen LogP contribution in [0.3, 0.4) is 0 Å². The fraction of sp³-hybridized carbons (Fsp3) is 0.429. The van der Waals surface area contributed by atoms with E-state index in [4.69, 9.17) is 5.73 Å². The summed E-state index contributed by atoms with van der Waals surface area (Å²) in [6, 6.07) is 6.44. The summed E-state index contributed by atoms with van der Waals surface area (Å²) < 4.78 is 0. The predicted molar refractivity (Wildman–Crippen MR) is 76.8 cm³/mol. The molecule has 104 valence electrons. The van der Waals surface area contributed by atoms with Crippen LogP contribution in [0.15, 0.2) is 24.3 Å². The topological polar surface area (TPSA) is 84.2 Å². The standard InChI is InChI=1S/C14H21N3O2/c1-4-9(2)13(15)14(19)17-12-7-5-6-11(8-12)16-10(3)18/h5-9,13H,4,15H2,1-3H3,(H,16,18)(H,17,19). The molecule has 5 nitrogen and oxygen atoms in total. The highest BCUT2D eigenvalue weighted by Crippen LogP contribution is 2.16. The summed E-state index contributed by atoms with van der Waals surface area (Å²) in [5.74, 6) is -0.243. The molecule has 1 rings (SSSR count). The zero-order valence-corrected chi connectivity index (χ0v) is 11.6. The van der Waals surface area contributed by atoms with Crippen LogP contribution in [0.5, 0.6) is 0 Å². The van der Waals surface area contributed by atoms with Gasteiger partial charge in [0.15, 0.2) is 0 Å². The summed E-state index contributed by atoms with van der Waals surface area (Å²) in [5.41, 5.74) is 7.12. The fourth-order valence-electron chi connectivity index (χ4n) is 1.62. The summed E-state index contributed by atoms with van der Waals surface area (Å²) >= 11 is 0. The molecule has 4 N–H and O–H groups in total. The van der Waals surface area contributed by atoms with Crippen molar-refractivity contribution in [3.8, 4) is 0 Å². The Morgan fingerprint density at radius 3 is 2.37 bits per heavy atom. The van der Waals surface area contributed by atoms with E-state index >= 15 is 0 Å². The maximum atomic E-state index is 11.9. The number of carbonyl (C=O) groups is 2. The average Bonchev–Trinajstić information content (AvgIpc) is 2.36. The lowest BCUT2D eigenvalue weighted by Crippen LogP contribution is -2.40. The third-order valence-electron chi connectivity index (χ3n) is 3.01. The van der Waals surface area contributed by atoms with Crippen LogP contribution in [-0.2, 0) is 9.59 Å². The van der Waals surface area contributed by atoms with Gasteiger partial charge in [-0.05, 0) is 24.1 Å². The Morgan fingerprint density at radius 1 is 1.26 bits per heavy atom. The van der Waals surface area contributed by atoms with E-state index in [1.54, 1.807) is 24.3 Å². The number of rotatable bonds is 5. The number of nitrogens with one attached hydrogen (secondary N) is 2. The molecule has 0 aliphatic carbocycles. The maximum Gasteiger partial charge on any atom is 0.241 e. The summed E-state index contributed by atoms with van der Waals surface area (Å²) in [6.45, 7) is 5.37. The molecule has 5 heteroatoms. The Morgan fingerprint density at radius 2 is 1.84 bits per heavy atom. The molecule has 0 fully saturated rings. The average molecular weight is 263 g/mol. The van der Waals surface area contributed by atoms with Crippen LogP contribution < -0.4 is 16.4 Å². The van der Waals surface area contributed by atoms with E-state index in [0.717, 1.165) is 6.42 Å². The van der Waals surface area contributed by atoms with Crippen LogP contribution in [0.4, 0.5) is 11.4 Å². The van der Waals surface area contributed by atoms with Crippen molar-refractivity contribution in [1.29, 1.82) is 0 Å². The van der Waals surface area contributed by atoms with Gasteiger partial charge in [0.1, 0.15) is 0 Å². The Balaban J connectivity index is 2.71. The lowest BCUT2D eigenvalue weighted by atomic mass is 9.99. The monoisotopic (exact) mass is 263 g/mol. The van der Waals surface area contributed by atoms with Gasteiger partial charge in [-0.25, -0.2) is 0 Å². The van der Waals surface area contributed by atoms with Gasteiger partial charge >= 0.3 is 0 Å². The van der Waals surface area contributed by atoms with Crippen LogP contribution in [0, 0.1) is 5.92 Å². The molecule has 0 aliphatic rings. The Hall–Kier alpha value is -1.88. The number of benzene rings is 1. The third kappa shape index (κ3) is 4.71. The molecule has 1 aromatic rings. The molecule has 0 spiro atoms. The highest BCUT2D eigenvalue weighted by molar-refractivity contribution is 5.96. The van der Waals surface area contributed by atoms with E-state index in [0.29, 0.717) is 11.4 Å². The Kier molecular flexibility index (Phi) is 5.51. The molecular formula is C14H21N3O2. The third-order valence-corrected chi connectivity index (χ3v) is 3.01. The molecule has 0 radical (unpaired) electrons. The molecule has 19 heavy (non-hydrogen) atoms. The molecule has 2 unspecified atom stereocenters. The SMILES string of the molecule is CCC(C)C(N)C(=O)Nc1cccc(NC(C)=O)c1. The molecule has 0 bridgehead atoms. The molecule has 0 heterocycles. The van der Waals surface area contributed by atoms with Gasteiger partial charge in [-0.2, -0.15) is 0 Å². The fourth-order valence-corrected chi connectivity index (χ4v) is 1.62. The van der Waals surface area contributed by atoms with Crippen molar-refractivity contribution in [3.05, 3.63) is 24.3 Å². The molecule has 0 aliphatic heterocycles. The van der Waals surface area contributed by atoms with Crippen molar-refractivity contribution < 1.29 is 9.59 Å². The van der Waals surface area contributed by atoms with Crippen molar-refractivity contribution in [2.75, 3.05) is 10.6 Å². The highest BCUT2D eigenvalue weighted by Gasteiger charge is 2.19. The first kappa shape index (κ1) is 15.2. The normalized spacial score (nSPS) is 13.5. The van der Waals surface area contributed by atoms with Gasteiger partial charge in [0, 0.05) is 18.3 Å². The minimum Gasteiger partial charge on any atom is -0.326 e. The van der Waals surface area contributed by atoms with Crippen molar-refractivity contribution in [3.63, 3.8) is 0 Å². The van der Waals surface area contributed by atoms with E-state index in [-0.39, 0.29) is 17.7 Å². The van der Waals surface area contributed by atoms with Gasteiger partial charge in [-0.3, -0.25) is 9.59 Å². The van der Waals surface area contributed by atoms with Crippen LogP contribution in [0.2, 0.25) is 0 Å². The molecule has 1 aromatic carbocycles. The highest BCUT2D eigenvalue weighted by atomic mass is 16.2. The first-order valence-corrected chi connectivity index (χ1v) is 6.38. The summed E-state index contributed by atoms with van der Waals surface area (Å²) in [7, 11) is 0. The number of hydrogen-bond donors (Lipinski definition) is 3.